The van der Waals surface area contributed by atoms with Gasteiger partial charge in [-0.25, -0.2) is 18.3 Å². The molecule has 0 unspecified atom stereocenters. The lowest BCUT2D eigenvalue weighted by Crippen LogP contribution is -1.99. The van der Waals surface area contributed by atoms with Gasteiger partial charge in [0.15, 0.2) is 5.65 Å². The highest BCUT2D eigenvalue weighted by atomic mass is 79.9. The zero-order valence-electron chi connectivity index (χ0n) is 9.59. The standard InChI is InChI=1S/C13H8BrF2N3/c14-9-3-1-8(2-4-9)10-7-18-19-11(12(15)16)5-6-17-13(10)19/h1-7,12H. The first-order valence-corrected chi connectivity index (χ1v) is 6.33. The van der Waals surface area contributed by atoms with Crippen LogP contribution in [0.4, 0.5) is 8.78 Å². The van der Waals surface area contributed by atoms with Crippen LogP contribution in [0.5, 0.6) is 0 Å². The largest absolute Gasteiger partial charge is 0.280 e. The third-order valence-electron chi connectivity index (χ3n) is 2.81. The van der Waals surface area contributed by atoms with Crippen LogP contribution in [-0.2, 0) is 0 Å². The number of benzene rings is 1. The van der Waals surface area contributed by atoms with Gasteiger partial charge in [-0.1, -0.05) is 28.1 Å². The molecule has 2 heterocycles. The lowest BCUT2D eigenvalue weighted by Gasteiger charge is -2.03. The van der Waals surface area contributed by atoms with Gasteiger partial charge in [0.05, 0.1) is 6.20 Å². The van der Waals surface area contributed by atoms with Crippen molar-refractivity contribution in [3.8, 4) is 11.1 Å². The predicted molar refractivity (Wildman–Crippen MR) is 71.1 cm³/mol. The smallest absolute Gasteiger partial charge is 0.236 e. The molecule has 3 aromatic rings. The molecule has 0 N–H and O–H groups in total. The molecule has 1 aromatic carbocycles. The first-order valence-electron chi connectivity index (χ1n) is 5.53. The highest BCUT2D eigenvalue weighted by molar-refractivity contribution is 9.10. The van der Waals surface area contributed by atoms with E-state index in [1.54, 1.807) is 6.20 Å². The SMILES string of the molecule is FC(F)c1ccnc2c(-c3ccc(Br)cc3)cnn12. The van der Waals surface area contributed by atoms with E-state index in [2.05, 4.69) is 26.0 Å². The summed E-state index contributed by atoms with van der Waals surface area (Å²) in [7, 11) is 0. The third kappa shape index (κ3) is 2.12. The fourth-order valence-electron chi connectivity index (χ4n) is 1.91. The van der Waals surface area contributed by atoms with Crippen LogP contribution in [0.3, 0.4) is 0 Å². The second-order valence-corrected chi connectivity index (χ2v) is 4.89. The quantitative estimate of drug-likeness (QED) is 0.710. The number of hydrogen-bond donors (Lipinski definition) is 0. The van der Waals surface area contributed by atoms with Crippen molar-refractivity contribution in [2.45, 2.75) is 6.43 Å². The third-order valence-corrected chi connectivity index (χ3v) is 3.34. The maximum Gasteiger partial charge on any atom is 0.280 e. The molecule has 0 bridgehead atoms. The van der Waals surface area contributed by atoms with Crippen LogP contribution >= 0.6 is 15.9 Å². The van der Waals surface area contributed by atoms with E-state index in [1.807, 2.05) is 24.3 Å². The Hall–Kier alpha value is -1.82. The molecule has 0 saturated heterocycles. The molecule has 0 aliphatic rings. The average molecular weight is 324 g/mol. The predicted octanol–water partition coefficient (Wildman–Crippen LogP) is 4.10. The Morgan fingerprint density at radius 2 is 1.84 bits per heavy atom. The first kappa shape index (κ1) is 12.2. The summed E-state index contributed by atoms with van der Waals surface area (Å²) in [5.41, 5.74) is 1.89. The fourth-order valence-corrected chi connectivity index (χ4v) is 2.17. The van der Waals surface area contributed by atoms with Crippen LogP contribution in [0.25, 0.3) is 16.8 Å². The molecule has 0 aliphatic carbocycles. The summed E-state index contributed by atoms with van der Waals surface area (Å²) in [5.74, 6) is 0. The second-order valence-electron chi connectivity index (χ2n) is 3.97. The molecule has 2 aromatic heterocycles. The molecule has 3 nitrogen and oxygen atoms in total. The van der Waals surface area contributed by atoms with Gasteiger partial charge >= 0.3 is 0 Å². The van der Waals surface area contributed by atoms with Crippen molar-refractivity contribution in [2.24, 2.45) is 0 Å². The van der Waals surface area contributed by atoms with E-state index in [0.29, 0.717) is 5.65 Å². The van der Waals surface area contributed by atoms with Crippen LogP contribution in [0.15, 0.2) is 47.2 Å². The summed E-state index contributed by atoms with van der Waals surface area (Å²) in [5, 5.41) is 4.00. The molecule has 0 saturated carbocycles. The number of hydrogen-bond acceptors (Lipinski definition) is 2. The second kappa shape index (κ2) is 4.70. The molecule has 0 aliphatic heterocycles. The molecular formula is C13H8BrF2N3. The molecule has 3 rings (SSSR count). The van der Waals surface area contributed by atoms with E-state index in [9.17, 15) is 8.78 Å². The molecule has 6 heteroatoms. The lowest BCUT2D eigenvalue weighted by atomic mass is 10.1. The minimum Gasteiger partial charge on any atom is -0.236 e. The van der Waals surface area contributed by atoms with Gasteiger partial charge in [0.2, 0.25) is 0 Å². The molecule has 0 radical (unpaired) electrons. The normalized spacial score (nSPS) is 11.4. The highest BCUT2D eigenvalue weighted by Gasteiger charge is 2.15. The van der Waals surface area contributed by atoms with Gasteiger partial charge in [0, 0.05) is 16.2 Å². The van der Waals surface area contributed by atoms with Gasteiger partial charge in [-0.3, -0.25) is 0 Å². The van der Waals surface area contributed by atoms with Crippen molar-refractivity contribution in [2.75, 3.05) is 0 Å². The minimum absolute atomic E-state index is 0.159. The lowest BCUT2D eigenvalue weighted by molar-refractivity contribution is 0.143. The van der Waals surface area contributed by atoms with Crippen LogP contribution in [-0.4, -0.2) is 14.6 Å². The summed E-state index contributed by atoms with van der Waals surface area (Å²) in [6.45, 7) is 0. The fraction of sp³-hybridized carbons (Fsp3) is 0.0769. The van der Waals surface area contributed by atoms with E-state index < -0.39 is 6.43 Å². The Balaban J connectivity index is 2.21. The van der Waals surface area contributed by atoms with Crippen molar-refractivity contribution < 1.29 is 8.78 Å². The summed E-state index contributed by atoms with van der Waals surface area (Å²) in [4.78, 5) is 4.14. The van der Waals surface area contributed by atoms with Gasteiger partial charge in [-0.15, -0.1) is 0 Å². The Morgan fingerprint density at radius 3 is 2.53 bits per heavy atom. The summed E-state index contributed by atoms with van der Waals surface area (Å²) < 4.78 is 27.9. The number of halogens is 3. The summed E-state index contributed by atoms with van der Waals surface area (Å²) >= 11 is 3.35. The summed E-state index contributed by atoms with van der Waals surface area (Å²) in [6.07, 6.45) is 0.348. The number of fused-ring (bicyclic) bond motifs is 1. The van der Waals surface area contributed by atoms with Gasteiger partial charge in [0.25, 0.3) is 6.43 Å². The van der Waals surface area contributed by atoms with E-state index in [4.69, 9.17) is 0 Å². The summed E-state index contributed by atoms with van der Waals surface area (Å²) in [6, 6.07) is 8.82. The van der Waals surface area contributed by atoms with E-state index in [0.717, 1.165) is 15.6 Å². The molecule has 19 heavy (non-hydrogen) atoms. The van der Waals surface area contributed by atoms with Crippen LogP contribution < -0.4 is 0 Å². The monoisotopic (exact) mass is 323 g/mol. The zero-order chi connectivity index (χ0) is 13.4. The maximum absolute atomic E-state index is 12.9. The number of aromatic nitrogens is 3. The number of rotatable bonds is 2. The Kier molecular flexibility index (Phi) is 3.02. The Bertz CT molecular complexity index is 722. The van der Waals surface area contributed by atoms with Crippen molar-refractivity contribution in [3.63, 3.8) is 0 Å². The molecule has 0 spiro atoms. The first-order chi connectivity index (χ1) is 9.16. The van der Waals surface area contributed by atoms with Crippen molar-refractivity contribution in [3.05, 3.63) is 52.9 Å². The molecule has 0 amide bonds. The van der Waals surface area contributed by atoms with Crippen LogP contribution in [0.2, 0.25) is 0 Å². The molecule has 0 atom stereocenters. The van der Waals surface area contributed by atoms with Crippen LogP contribution in [0.1, 0.15) is 12.1 Å². The van der Waals surface area contributed by atoms with E-state index in [1.165, 1.54) is 16.8 Å². The molecular weight excluding hydrogens is 316 g/mol. The van der Waals surface area contributed by atoms with Crippen molar-refractivity contribution >= 4 is 21.6 Å². The van der Waals surface area contributed by atoms with Gasteiger partial charge in [-0.05, 0) is 23.8 Å². The molecule has 0 fully saturated rings. The zero-order valence-corrected chi connectivity index (χ0v) is 11.2. The minimum atomic E-state index is -2.58. The topological polar surface area (TPSA) is 30.2 Å². The van der Waals surface area contributed by atoms with E-state index >= 15 is 0 Å². The van der Waals surface area contributed by atoms with Gasteiger partial charge in [-0.2, -0.15) is 5.10 Å². The Labute approximate surface area is 116 Å². The van der Waals surface area contributed by atoms with Crippen molar-refractivity contribution in [1.29, 1.82) is 0 Å². The maximum atomic E-state index is 12.9. The number of nitrogens with zero attached hydrogens (tertiary/aromatic N) is 3. The highest BCUT2D eigenvalue weighted by Crippen LogP contribution is 2.27. The number of alkyl halides is 2. The van der Waals surface area contributed by atoms with Crippen molar-refractivity contribution in [1.82, 2.24) is 14.6 Å². The van der Waals surface area contributed by atoms with E-state index in [-0.39, 0.29) is 5.69 Å². The van der Waals surface area contributed by atoms with Gasteiger partial charge < -0.3 is 0 Å². The molecule has 96 valence electrons. The van der Waals surface area contributed by atoms with Crippen LogP contribution in [0, 0.1) is 0 Å². The Morgan fingerprint density at radius 1 is 1.11 bits per heavy atom. The van der Waals surface area contributed by atoms with Gasteiger partial charge in [0.1, 0.15) is 5.69 Å². The average Bonchev–Trinajstić information content (AvgIpc) is 2.83.